The molecule has 0 bridgehead atoms. The minimum absolute atomic E-state index is 0.0596. The maximum atomic E-state index is 12.4. The van der Waals surface area contributed by atoms with E-state index in [1.54, 1.807) is 26.2 Å². The van der Waals surface area contributed by atoms with Gasteiger partial charge in [-0.05, 0) is 55.2 Å². The van der Waals surface area contributed by atoms with E-state index in [1.807, 2.05) is 37.3 Å². The Balaban J connectivity index is 1.75. The highest BCUT2D eigenvalue weighted by atomic mass is 32.2. The molecule has 1 amide bonds. The summed E-state index contributed by atoms with van der Waals surface area (Å²) in [6.45, 7) is 4.15. The van der Waals surface area contributed by atoms with Gasteiger partial charge in [-0.25, -0.2) is 13.1 Å². The van der Waals surface area contributed by atoms with Crippen molar-refractivity contribution in [3.05, 3.63) is 59.2 Å². The van der Waals surface area contributed by atoms with Crippen LogP contribution in [0, 0.1) is 13.8 Å². The van der Waals surface area contributed by atoms with Crippen LogP contribution in [0.4, 0.5) is 0 Å². The number of amides is 1. The monoisotopic (exact) mass is 390 g/mol. The average Bonchev–Trinajstić information content (AvgIpc) is 2.64. The number of rotatable bonds is 9. The number of sulfonamides is 1. The van der Waals surface area contributed by atoms with Crippen LogP contribution < -0.4 is 14.8 Å². The van der Waals surface area contributed by atoms with Gasteiger partial charge < -0.3 is 10.1 Å². The molecule has 0 aliphatic rings. The number of hydrogen-bond acceptors (Lipinski definition) is 4. The van der Waals surface area contributed by atoms with Crippen LogP contribution in [-0.2, 0) is 21.2 Å². The van der Waals surface area contributed by atoms with Crippen molar-refractivity contribution in [2.24, 2.45) is 0 Å². The molecule has 0 fully saturated rings. The number of benzene rings is 2. The topological polar surface area (TPSA) is 84.5 Å². The number of ether oxygens (including phenoxy) is 1. The molecule has 0 atom stereocenters. The molecule has 27 heavy (non-hydrogen) atoms. The third-order valence-corrected chi connectivity index (χ3v) is 5.78. The molecule has 2 aromatic carbocycles. The van der Waals surface area contributed by atoms with E-state index in [0.717, 1.165) is 16.9 Å². The summed E-state index contributed by atoms with van der Waals surface area (Å²) >= 11 is 0. The molecule has 0 saturated carbocycles. The second-order valence-corrected chi connectivity index (χ2v) is 8.10. The van der Waals surface area contributed by atoms with Crippen LogP contribution in [0.1, 0.15) is 23.1 Å². The van der Waals surface area contributed by atoms with Crippen LogP contribution in [0.25, 0.3) is 0 Å². The van der Waals surface area contributed by atoms with Gasteiger partial charge in [0.1, 0.15) is 5.75 Å². The minimum atomic E-state index is -3.62. The molecule has 2 aromatic rings. The van der Waals surface area contributed by atoms with Crippen LogP contribution in [0.3, 0.4) is 0 Å². The van der Waals surface area contributed by atoms with Crippen molar-refractivity contribution in [1.29, 1.82) is 0 Å². The summed E-state index contributed by atoms with van der Waals surface area (Å²) in [6, 6.07) is 12.9. The van der Waals surface area contributed by atoms with Crippen LogP contribution in [-0.4, -0.2) is 34.5 Å². The van der Waals surface area contributed by atoms with Crippen molar-refractivity contribution in [3.8, 4) is 5.75 Å². The molecule has 0 radical (unpaired) electrons. The van der Waals surface area contributed by atoms with E-state index < -0.39 is 10.0 Å². The first-order valence-corrected chi connectivity index (χ1v) is 10.3. The van der Waals surface area contributed by atoms with Gasteiger partial charge in [0.25, 0.3) is 0 Å². The summed E-state index contributed by atoms with van der Waals surface area (Å²) in [7, 11) is -2.01. The molecule has 0 aromatic heterocycles. The van der Waals surface area contributed by atoms with Gasteiger partial charge in [-0.2, -0.15) is 0 Å². The molecule has 0 heterocycles. The van der Waals surface area contributed by atoms with Crippen LogP contribution >= 0.6 is 0 Å². The van der Waals surface area contributed by atoms with Gasteiger partial charge in [0.2, 0.25) is 15.9 Å². The number of aryl methyl sites for hydroxylation is 2. The zero-order valence-electron chi connectivity index (χ0n) is 15.9. The number of carbonyl (C=O) groups excluding carboxylic acids is 1. The molecule has 7 heteroatoms. The predicted octanol–water partition coefficient (Wildman–Crippen LogP) is 2.34. The highest BCUT2D eigenvalue weighted by molar-refractivity contribution is 7.89. The number of carbonyl (C=O) groups is 1. The second-order valence-electron chi connectivity index (χ2n) is 6.36. The van der Waals surface area contributed by atoms with Crippen molar-refractivity contribution in [1.82, 2.24) is 10.0 Å². The standard InChI is InChI=1S/C20H26N2O4S/c1-15-4-5-16(2)19(14-15)27(24,25)22-13-11-20(23)21-12-10-17-6-8-18(26-3)9-7-17/h4-9,14,22H,10-13H2,1-3H3,(H,21,23). The Hall–Kier alpha value is -2.38. The highest BCUT2D eigenvalue weighted by Crippen LogP contribution is 2.16. The van der Waals surface area contributed by atoms with Crippen LogP contribution in [0.15, 0.2) is 47.4 Å². The molecule has 0 spiro atoms. The molecular formula is C20H26N2O4S. The lowest BCUT2D eigenvalue weighted by atomic mass is 10.1. The van der Waals surface area contributed by atoms with Gasteiger partial charge >= 0.3 is 0 Å². The van der Waals surface area contributed by atoms with Gasteiger partial charge in [-0.15, -0.1) is 0 Å². The van der Waals surface area contributed by atoms with E-state index in [1.165, 1.54) is 0 Å². The van der Waals surface area contributed by atoms with Crippen molar-refractivity contribution >= 4 is 15.9 Å². The fourth-order valence-electron chi connectivity index (χ4n) is 2.60. The molecule has 0 unspecified atom stereocenters. The molecule has 0 aliphatic heterocycles. The Labute approximate surface area is 161 Å². The predicted molar refractivity (Wildman–Crippen MR) is 105 cm³/mol. The maximum Gasteiger partial charge on any atom is 0.240 e. The van der Waals surface area contributed by atoms with Crippen molar-refractivity contribution in [2.45, 2.75) is 31.6 Å². The first-order valence-electron chi connectivity index (χ1n) is 8.78. The lowest BCUT2D eigenvalue weighted by Gasteiger charge is -2.10. The van der Waals surface area contributed by atoms with Gasteiger partial charge in [-0.1, -0.05) is 24.3 Å². The van der Waals surface area contributed by atoms with E-state index in [9.17, 15) is 13.2 Å². The quantitative estimate of drug-likeness (QED) is 0.688. The minimum Gasteiger partial charge on any atom is -0.497 e. The maximum absolute atomic E-state index is 12.4. The average molecular weight is 391 g/mol. The highest BCUT2D eigenvalue weighted by Gasteiger charge is 2.16. The van der Waals surface area contributed by atoms with Crippen molar-refractivity contribution in [3.63, 3.8) is 0 Å². The fourth-order valence-corrected chi connectivity index (χ4v) is 3.96. The third-order valence-electron chi connectivity index (χ3n) is 4.17. The Morgan fingerprint density at radius 1 is 1.04 bits per heavy atom. The molecule has 6 nitrogen and oxygen atoms in total. The molecule has 2 N–H and O–H groups in total. The number of hydrogen-bond donors (Lipinski definition) is 2. The molecule has 2 rings (SSSR count). The third kappa shape index (κ3) is 6.37. The molecular weight excluding hydrogens is 364 g/mol. The first-order chi connectivity index (χ1) is 12.8. The normalized spacial score (nSPS) is 11.2. The Bertz CT molecular complexity index is 877. The molecule has 146 valence electrons. The second kappa shape index (κ2) is 9.53. The molecule has 0 saturated heterocycles. The summed E-state index contributed by atoms with van der Waals surface area (Å²) < 4.78 is 32.4. The zero-order valence-corrected chi connectivity index (χ0v) is 16.7. The Morgan fingerprint density at radius 3 is 2.41 bits per heavy atom. The van der Waals surface area contributed by atoms with E-state index in [2.05, 4.69) is 10.0 Å². The van der Waals surface area contributed by atoms with Gasteiger partial charge in [0.15, 0.2) is 0 Å². The smallest absolute Gasteiger partial charge is 0.240 e. The Kier molecular flexibility index (Phi) is 7.38. The van der Waals surface area contributed by atoms with E-state index >= 15 is 0 Å². The summed E-state index contributed by atoms with van der Waals surface area (Å²) in [5, 5.41) is 2.80. The lowest BCUT2D eigenvalue weighted by molar-refractivity contribution is -0.120. The van der Waals surface area contributed by atoms with E-state index in [0.29, 0.717) is 18.5 Å². The summed E-state index contributed by atoms with van der Waals surface area (Å²) in [5.41, 5.74) is 2.64. The number of methoxy groups -OCH3 is 1. The van der Waals surface area contributed by atoms with Crippen LogP contribution in [0.5, 0.6) is 5.75 Å². The Morgan fingerprint density at radius 2 is 1.74 bits per heavy atom. The summed E-state index contributed by atoms with van der Waals surface area (Å²) in [4.78, 5) is 12.2. The largest absolute Gasteiger partial charge is 0.497 e. The lowest BCUT2D eigenvalue weighted by Crippen LogP contribution is -2.32. The van der Waals surface area contributed by atoms with Gasteiger partial charge in [-0.3, -0.25) is 4.79 Å². The van der Waals surface area contributed by atoms with Crippen LogP contribution in [0.2, 0.25) is 0 Å². The first kappa shape index (κ1) is 20.9. The van der Waals surface area contributed by atoms with Crippen molar-refractivity contribution < 1.29 is 17.9 Å². The zero-order chi connectivity index (χ0) is 19.9. The molecule has 0 aliphatic carbocycles. The van der Waals surface area contributed by atoms with Gasteiger partial charge in [0, 0.05) is 19.5 Å². The van der Waals surface area contributed by atoms with E-state index in [-0.39, 0.29) is 23.8 Å². The SMILES string of the molecule is COc1ccc(CCNC(=O)CCNS(=O)(=O)c2cc(C)ccc2C)cc1. The van der Waals surface area contributed by atoms with Gasteiger partial charge in [0.05, 0.1) is 12.0 Å². The fraction of sp³-hybridized carbons (Fsp3) is 0.350. The van der Waals surface area contributed by atoms with E-state index in [4.69, 9.17) is 4.74 Å². The number of nitrogens with one attached hydrogen (secondary N) is 2. The van der Waals surface area contributed by atoms with Crippen molar-refractivity contribution in [2.75, 3.05) is 20.2 Å². The summed E-state index contributed by atoms with van der Waals surface area (Å²) in [5.74, 6) is 0.603. The summed E-state index contributed by atoms with van der Waals surface area (Å²) in [6.07, 6.45) is 0.788.